The highest BCUT2D eigenvalue weighted by atomic mass is 19.1. The zero-order chi connectivity index (χ0) is 19.2. The molecule has 1 atom stereocenters. The molecular weight excluding hydrogens is 347 g/mol. The van der Waals surface area contributed by atoms with Crippen molar-refractivity contribution in [2.24, 2.45) is 0 Å². The fourth-order valence-electron chi connectivity index (χ4n) is 3.03. The Hall–Kier alpha value is -3.15. The van der Waals surface area contributed by atoms with Gasteiger partial charge in [0.15, 0.2) is 0 Å². The van der Waals surface area contributed by atoms with Gasteiger partial charge in [-0.2, -0.15) is 0 Å². The van der Waals surface area contributed by atoms with E-state index in [1.165, 1.54) is 18.2 Å². The first-order valence-electron chi connectivity index (χ1n) is 8.79. The van der Waals surface area contributed by atoms with Gasteiger partial charge >= 0.3 is 0 Å². The molecule has 0 radical (unpaired) electrons. The van der Waals surface area contributed by atoms with Gasteiger partial charge in [-0.3, -0.25) is 9.59 Å². The molecule has 0 aromatic heterocycles. The summed E-state index contributed by atoms with van der Waals surface area (Å²) in [6.07, 6.45) is 2.85. The zero-order valence-electron chi connectivity index (χ0n) is 14.8. The first-order chi connectivity index (χ1) is 13.0. The third-order valence-corrected chi connectivity index (χ3v) is 4.35. The highest BCUT2D eigenvalue weighted by Crippen LogP contribution is 2.32. The Morgan fingerprint density at radius 1 is 1.22 bits per heavy atom. The van der Waals surface area contributed by atoms with E-state index < -0.39 is 0 Å². The fourth-order valence-corrected chi connectivity index (χ4v) is 3.03. The minimum Gasteiger partial charge on any atom is -0.493 e. The van der Waals surface area contributed by atoms with Crippen LogP contribution in [0.15, 0.2) is 55.1 Å². The number of carbonyl (C=O) groups is 2. The molecule has 2 N–H and O–H groups in total. The molecule has 27 heavy (non-hydrogen) atoms. The van der Waals surface area contributed by atoms with Crippen molar-refractivity contribution < 1.29 is 18.7 Å². The molecule has 1 aliphatic rings. The summed E-state index contributed by atoms with van der Waals surface area (Å²) < 4.78 is 19.3. The maximum absolute atomic E-state index is 13.6. The van der Waals surface area contributed by atoms with Crippen molar-refractivity contribution in [3.63, 3.8) is 0 Å². The van der Waals surface area contributed by atoms with Gasteiger partial charge in [0.2, 0.25) is 11.8 Å². The number of halogens is 1. The summed E-state index contributed by atoms with van der Waals surface area (Å²) >= 11 is 0. The van der Waals surface area contributed by atoms with Crippen LogP contribution < -0.4 is 15.4 Å². The second-order valence-corrected chi connectivity index (χ2v) is 6.36. The van der Waals surface area contributed by atoms with Gasteiger partial charge in [0.25, 0.3) is 0 Å². The predicted molar refractivity (Wildman–Crippen MR) is 101 cm³/mol. The van der Waals surface area contributed by atoms with Crippen LogP contribution in [0.5, 0.6) is 5.75 Å². The highest BCUT2D eigenvalue weighted by molar-refractivity contribution is 5.98. The van der Waals surface area contributed by atoms with Crippen molar-refractivity contribution in [2.75, 3.05) is 11.9 Å². The van der Waals surface area contributed by atoms with Crippen LogP contribution in [0, 0.1) is 5.82 Å². The molecule has 1 aliphatic heterocycles. The predicted octanol–water partition coefficient (Wildman–Crippen LogP) is 3.52. The molecule has 0 saturated carbocycles. The Balaban J connectivity index is 1.65. The second kappa shape index (κ2) is 8.49. The summed E-state index contributed by atoms with van der Waals surface area (Å²) in [5.74, 6) is -0.181. The Labute approximate surface area is 157 Å². The Morgan fingerprint density at radius 2 is 2.00 bits per heavy atom. The third kappa shape index (κ3) is 4.94. The number of fused-ring (bicyclic) bond motifs is 1. The van der Waals surface area contributed by atoms with Crippen LogP contribution in [-0.4, -0.2) is 18.4 Å². The quantitative estimate of drug-likeness (QED) is 0.794. The van der Waals surface area contributed by atoms with Crippen LogP contribution in [0.3, 0.4) is 0 Å². The van der Waals surface area contributed by atoms with Crippen molar-refractivity contribution in [1.82, 2.24) is 5.32 Å². The van der Waals surface area contributed by atoms with Crippen LogP contribution in [-0.2, 0) is 16.0 Å². The first-order valence-corrected chi connectivity index (χ1v) is 8.79. The molecule has 1 unspecified atom stereocenters. The van der Waals surface area contributed by atoms with Crippen LogP contribution in [0.25, 0.3) is 0 Å². The van der Waals surface area contributed by atoms with Crippen molar-refractivity contribution in [1.29, 1.82) is 0 Å². The maximum Gasteiger partial charge on any atom is 0.247 e. The van der Waals surface area contributed by atoms with E-state index in [1.807, 2.05) is 0 Å². The van der Waals surface area contributed by atoms with Crippen molar-refractivity contribution in [3.8, 4) is 5.75 Å². The lowest BCUT2D eigenvalue weighted by molar-refractivity contribution is -0.121. The van der Waals surface area contributed by atoms with E-state index in [9.17, 15) is 14.0 Å². The van der Waals surface area contributed by atoms with E-state index in [0.29, 0.717) is 30.0 Å². The number of amides is 2. The smallest absolute Gasteiger partial charge is 0.247 e. The minimum atomic E-state index is -0.351. The summed E-state index contributed by atoms with van der Waals surface area (Å²) in [6.45, 7) is 3.94. The normalized spacial score (nSPS) is 15.7. The van der Waals surface area contributed by atoms with Gasteiger partial charge in [-0.05, 0) is 54.8 Å². The topological polar surface area (TPSA) is 67.4 Å². The van der Waals surface area contributed by atoms with E-state index in [0.717, 1.165) is 12.0 Å². The van der Waals surface area contributed by atoms with Crippen LogP contribution in [0.4, 0.5) is 10.1 Å². The standard InChI is InChI=1S/C21H21FN2O3/c1-2-20(25)23-16-8-5-14(6-9-16)12-21(26)24-18-4-3-11-27-19-10-7-15(22)13-17(18)19/h2,5-10,13,18H,1,3-4,11-12H2,(H,23,25)(H,24,26). The van der Waals surface area contributed by atoms with Gasteiger partial charge in [0.05, 0.1) is 19.1 Å². The summed E-state index contributed by atoms with van der Waals surface area (Å²) in [7, 11) is 0. The summed E-state index contributed by atoms with van der Waals surface area (Å²) in [5.41, 5.74) is 2.12. The second-order valence-electron chi connectivity index (χ2n) is 6.36. The summed E-state index contributed by atoms with van der Waals surface area (Å²) in [4.78, 5) is 23.8. The minimum absolute atomic E-state index is 0.153. The van der Waals surface area contributed by atoms with E-state index in [4.69, 9.17) is 4.74 Å². The number of nitrogens with one attached hydrogen (secondary N) is 2. The molecule has 1 heterocycles. The van der Waals surface area contributed by atoms with Crippen LogP contribution in [0.2, 0.25) is 0 Å². The van der Waals surface area contributed by atoms with Gasteiger partial charge in [-0.15, -0.1) is 0 Å². The number of ether oxygens (including phenoxy) is 1. The molecule has 0 saturated heterocycles. The van der Waals surface area contributed by atoms with Gasteiger partial charge < -0.3 is 15.4 Å². The molecule has 0 spiro atoms. The van der Waals surface area contributed by atoms with Gasteiger partial charge in [0, 0.05) is 11.3 Å². The number of hydrogen-bond donors (Lipinski definition) is 2. The number of carbonyl (C=O) groups excluding carboxylic acids is 2. The first kappa shape index (κ1) is 18.6. The lowest BCUT2D eigenvalue weighted by Crippen LogP contribution is -2.29. The summed E-state index contributed by atoms with van der Waals surface area (Å²) in [6, 6.07) is 11.1. The fraction of sp³-hybridized carbons (Fsp3) is 0.238. The number of rotatable bonds is 5. The zero-order valence-corrected chi connectivity index (χ0v) is 14.8. The van der Waals surface area contributed by atoms with Crippen molar-refractivity contribution >= 4 is 17.5 Å². The Bertz CT molecular complexity index is 849. The number of hydrogen-bond acceptors (Lipinski definition) is 3. The van der Waals surface area contributed by atoms with E-state index >= 15 is 0 Å². The van der Waals surface area contributed by atoms with E-state index in [2.05, 4.69) is 17.2 Å². The van der Waals surface area contributed by atoms with Gasteiger partial charge in [-0.1, -0.05) is 18.7 Å². The SMILES string of the molecule is C=CC(=O)Nc1ccc(CC(=O)NC2CCCOc3ccc(F)cc32)cc1. The molecule has 2 amide bonds. The molecule has 5 nitrogen and oxygen atoms in total. The van der Waals surface area contributed by atoms with Gasteiger partial charge in [-0.25, -0.2) is 4.39 Å². The lowest BCUT2D eigenvalue weighted by Gasteiger charge is -2.18. The van der Waals surface area contributed by atoms with Crippen LogP contribution in [0.1, 0.15) is 30.0 Å². The number of anilines is 1. The summed E-state index contributed by atoms with van der Waals surface area (Å²) in [5, 5.41) is 5.63. The average molecular weight is 368 g/mol. The highest BCUT2D eigenvalue weighted by Gasteiger charge is 2.22. The molecule has 0 fully saturated rings. The Morgan fingerprint density at radius 3 is 2.74 bits per heavy atom. The van der Waals surface area contributed by atoms with Crippen LogP contribution >= 0.6 is 0 Å². The average Bonchev–Trinajstić information content (AvgIpc) is 2.85. The number of benzene rings is 2. The molecule has 0 aliphatic carbocycles. The molecule has 2 aromatic carbocycles. The maximum atomic E-state index is 13.6. The van der Waals surface area contributed by atoms with E-state index in [-0.39, 0.29) is 30.1 Å². The molecule has 3 rings (SSSR count). The van der Waals surface area contributed by atoms with Crippen molar-refractivity contribution in [3.05, 3.63) is 72.1 Å². The molecular formula is C21H21FN2O3. The lowest BCUT2D eigenvalue weighted by atomic mass is 10.0. The monoisotopic (exact) mass is 368 g/mol. The molecule has 6 heteroatoms. The van der Waals surface area contributed by atoms with Crippen molar-refractivity contribution in [2.45, 2.75) is 25.3 Å². The van der Waals surface area contributed by atoms with Gasteiger partial charge in [0.1, 0.15) is 11.6 Å². The molecule has 0 bridgehead atoms. The van der Waals surface area contributed by atoms with E-state index in [1.54, 1.807) is 30.3 Å². The largest absolute Gasteiger partial charge is 0.493 e. The molecule has 140 valence electrons. The third-order valence-electron chi connectivity index (χ3n) is 4.35. The molecule has 2 aromatic rings. The Kier molecular flexibility index (Phi) is 5.86.